The number of ether oxygens (including phenoxy) is 1. The lowest BCUT2D eigenvalue weighted by Gasteiger charge is -2.34. The number of urea groups is 1. The van der Waals surface area contributed by atoms with Crippen LogP contribution < -0.4 is 15.4 Å². The third-order valence-electron chi connectivity index (χ3n) is 3.98. The topological polar surface area (TPSA) is 111 Å². The SMILES string of the molecule is COc1ccc(NC(=O)NC(=O)CN2CCC(O)C(CO)C2)cc1. The Morgan fingerprint density at radius 3 is 2.67 bits per heavy atom. The van der Waals surface area contributed by atoms with Gasteiger partial charge in [0.1, 0.15) is 5.75 Å². The van der Waals surface area contributed by atoms with Crippen molar-refractivity contribution < 1.29 is 24.5 Å². The highest BCUT2D eigenvalue weighted by molar-refractivity contribution is 6.01. The van der Waals surface area contributed by atoms with Gasteiger partial charge in [-0.05, 0) is 30.7 Å². The van der Waals surface area contributed by atoms with Crippen molar-refractivity contribution in [3.8, 4) is 5.75 Å². The first kappa shape index (κ1) is 18.2. The number of imide groups is 1. The number of nitrogens with zero attached hydrogens (tertiary/aromatic N) is 1. The fourth-order valence-corrected chi connectivity index (χ4v) is 2.62. The third kappa shape index (κ3) is 5.19. The minimum absolute atomic E-state index is 0.0409. The zero-order valence-electron chi connectivity index (χ0n) is 13.6. The Hall–Kier alpha value is -2.16. The molecule has 0 bridgehead atoms. The molecule has 0 saturated carbocycles. The third-order valence-corrected chi connectivity index (χ3v) is 3.98. The van der Waals surface area contributed by atoms with Crippen molar-refractivity contribution in [2.45, 2.75) is 12.5 Å². The van der Waals surface area contributed by atoms with Gasteiger partial charge in [0.25, 0.3) is 0 Å². The van der Waals surface area contributed by atoms with Gasteiger partial charge in [0, 0.05) is 31.3 Å². The number of rotatable bonds is 5. The van der Waals surface area contributed by atoms with Crippen LogP contribution in [-0.4, -0.2) is 66.5 Å². The van der Waals surface area contributed by atoms with Crippen molar-refractivity contribution in [3.05, 3.63) is 24.3 Å². The Kier molecular flexibility index (Phi) is 6.53. The second kappa shape index (κ2) is 8.62. The fraction of sp³-hybridized carbons (Fsp3) is 0.500. The number of aliphatic hydroxyl groups excluding tert-OH is 2. The highest BCUT2D eigenvalue weighted by Gasteiger charge is 2.28. The average Bonchev–Trinajstić information content (AvgIpc) is 2.57. The number of anilines is 1. The molecule has 8 nitrogen and oxygen atoms in total. The molecule has 0 spiro atoms. The van der Waals surface area contributed by atoms with Crippen LogP contribution >= 0.6 is 0 Å². The lowest BCUT2D eigenvalue weighted by Crippen LogP contribution is -2.49. The molecule has 4 N–H and O–H groups in total. The van der Waals surface area contributed by atoms with Crippen molar-refractivity contribution >= 4 is 17.6 Å². The van der Waals surface area contributed by atoms with Gasteiger partial charge < -0.3 is 20.3 Å². The van der Waals surface area contributed by atoms with E-state index in [2.05, 4.69) is 10.6 Å². The van der Waals surface area contributed by atoms with Crippen LogP contribution in [0, 0.1) is 5.92 Å². The van der Waals surface area contributed by atoms with Gasteiger partial charge in [0.05, 0.1) is 19.8 Å². The Balaban J connectivity index is 1.77. The second-order valence-corrected chi connectivity index (χ2v) is 5.76. The molecule has 0 aromatic heterocycles. The van der Waals surface area contributed by atoms with Crippen molar-refractivity contribution in [1.82, 2.24) is 10.2 Å². The first-order valence-electron chi connectivity index (χ1n) is 7.78. The van der Waals surface area contributed by atoms with E-state index in [-0.39, 0.29) is 19.1 Å². The summed E-state index contributed by atoms with van der Waals surface area (Å²) in [6, 6.07) is 6.12. The van der Waals surface area contributed by atoms with Gasteiger partial charge in [-0.2, -0.15) is 0 Å². The smallest absolute Gasteiger partial charge is 0.325 e. The molecular weight excluding hydrogens is 314 g/mol. The molecule has 1 heterocycles. The molecule has 8 heteroatoms. The molecule has 2 unspecified atom stereocenters. The molecule has 1 aromatic carbocycles. The molecule has 2 atom stereocenters. The van der Waals surface area contributed by atoms with Crippen LogP contribution in [0.3, 0.4) is 0 Å². The highest BCUT2D eigenvalue weighted by atomic mass is 16.5. The van der Waals surface area contributed by atoms with Gasteiger partial charge in [-0.3, -0.25) is 15.0 Å². The molecule has 1 aliphatic rings. The van der Waals surface area contributed by atoms with Crippen LogP contribution in [0.25, 0.3) is 0 Å². The van der Waals surface area contributed by atoms with Crippen LogP contribution in [0.4, 0.5) is 10.5 Å². The summed E-state index contributed by atoms with van der Waals surface area (Å²) in [5.74, 6) is -0.0310. The number of carbonyl (C=O) groups excluding carboxylic acids is 2. The van der Waals surface area contributed by atoms with E-state index >= 15 is 0 Å². The molecule has 1 saturated heterocycles. The highest BCUT2D eigenvalue weighted by Crippen LogP contribution is 2.16. The van der Waals surface area contributed by atoms with Crippen LogP contribution in [0.2, 0.25) is 0 Å². The molecule has 1 fully saturated rings. The second-order valence-electron chi connectivity index (χ2n) is 5.76. The van der Waals surface area contributed by atoms with E-state index in [1.54, 1.807) is 31.4 Å². The predicted octanol–water partition coefficient (Wildman–Crippen LogP) is 0.0184. The number of methoxy groups -OCH3 is 1. The Labute approximate surface area is 140 Å². The molecule has 132 valence electrons. The Morgan fingerprint density at radius 2 is 2.04 bits per heavy atom. The fourth-order valence-electron chi connectivity index (χ4n) is 2.62. The number of aliphatic hydroxyl groups is 2. The van der Waals surface area contributed by atoms with E-state index in [0.717, 1.165) is 0 Å². The first-order valence-corrected chi connectivity index (χ1v) is 7.78. The molecule has 1 aliphatic heterocycles. The summed E-state index contributed by atoms with van der Waals surface area (Å²) in [5, 5.41) is 23.7. The van der Waals surface area contributed by atoms with E-state index in [9.17, 15) is 19.8 Å². The van der Waals surface area contributed by atoms with Crippen LogP contribution in [-0.2, 0) is 4.79 Å². The summed E-state index contributed by atoms with van der Waals surface area (Å²) >= 11 is 0. The van der Waals surface area contributed by atoms with E-state index < -0.39 is 18.0 Å². The number of nitrogens with one attached hydrogen (secondary N) is 2. The lowest BCUT2D eigenvalue weighted by molar-refractivity contribution is -0.122. The van der Waals surface area contributed by atoms with Crippen LogP contribution in [0.1, 0.15) is 6.42 Å². The van der Waals surface area contributed by atoms with E-state index in [1.165, 1.54) is 0 Å². The molecule has 3 amide bonds. The standard InChI is InChI=1S/C16H23N3O5/c1-24-13-4-2-12(3-5-13)17-16(23)18-15(22)9-19-7-6-14(21)11(8-19)10-20/h2-5,11,14,20-21H,6-10H2,1H3,(H2,17,18,22,23). The van der Waals surface area contributed by atoms with Crippen molar-refractivity contribution in [2.24, 2.45) is 5.92 Å². The molecule has 2 rings (SSSR count). The monoisotopic (exact) mass is 337 g/mol. The zero-order valence-corrected chi connectivity index (χ0v) is 13.6. The van der Waals surface area contributed by atoms with E-state index in [4.69, 9.17) is 4.74 Å². The molecule has 1 aromatic rings. The van der Waals surface area contributed by atoms with Gasteiger partial charge >= 0.3 is 6.03 Å². The summed E-state index contributed by atoms with van der Waals surface area (Å²) in [6.45, 7) is 0.882. The molecule has 24 heavy (non-hydrogen) atoms. The minimum atomic E-state index is -0.610. The maximum atomic E-state index is 11.9. The quantitative estimate of drug-likeness (QED) is 0.603. The van der Waals surface area contributed by atoms with Gasteiger partial charge in [-0.25, -0.2) is 4.79 Å². The molecule has 0 radical (unpaired) electrons. The van der Waals surface area contributed by atoms with Gasteiger partial charge in [0.2, 0.25) is 5.91 Å². The number of amides is 3. The van der Waals surface area contributed by atoms with Crippen molar-refractivity contribution in [3.63, 3.8) is 0 Å². The number of benzene rings is 1. The zero-order chi connectivity index (χ0) is 17.5. The van der Waals surface area contributed by atoms with E-state index in [0.29, 0.717) is 30.9 Å². The van der Waals surface area contributed by atoms with E-state index in [1.807, 2.05) is 4.90 Å². The van der Waals surface area contributed by atoms with Crippen molar-refractivity contribution in [1.29, 1.82) is 0 Å². The number of likely N-dealkylation sites (tertiary alicyclic amines) is 1. The number of piperidine rings is 1. The molecular formula is C16H23N3O5. The summed E-state index contributed by atoms with van der Waals surface area (Å²) in [5.41, 5.74) is 0.544. The Morgan fingerprint density at radius 1 is 1.33 bits per heavy atom. The van der Waals surface area contributed by atoms with Crippen molar-refractivity contribution in [2.75, 3.05) is 38.7 Å². The van der Waals surface area contributed by atoms with Gasteiger partial charge in [-0.1, -0.05) is 0 Å². The first-order chi connectivity index (χ1) is 11.5. The Bertz CT molecular complexity index is 563. The molecule has 0 aliphatic carbocycles. The lowest BCUT2D eigenvalue weighted by atomic mass is 9.95. The normalized spacial score (nSPS) is 21.1. The van der Waals surface area contributed by atoms with Gasteiger partial charge in [-0.15, -0.1) is 0 Å². The predicted molar refractivity (Wildman–Crippen MR) is 87.8 cm³/mol. The number of hydrogen-bond acceptors (Lipinski definition) is 6. The summed E-state index contributed by atoms with van der Waals surface area (Å²) in [6.07, 6.45) is -0.0519. The van der Waals surface area contributed by atoms with Crippen LogP contribution in [0.5, 0.6) is 5.75 Å². The summed E-state index contributed by atoms with van der Waals surface area (Å²) < 4.78 is 5.03. The minimum Gasteiger partial charge on any atom is -0.497 e. The van der Waals surface area contributed by atoms with Crippen LogP contribution in [0.15, 0.2) is 24.3 Å². The maximum Gasteiger partial charge on any atom is 0.325 e. The number of hydrogen-bond donors (Lipinski definition) is 4. The summed E-state index contributed by atoms with van der Waals surface area (Å²) in [7, 11) is 1.55. The number of carbonyl (C=O) groups is 2. The summed E-state index contributed by atoms with van der Waals surface area (Å²) in [4.78, 5) is 25.6. The average molecular weight is 337 g/mol. The maximum absolute atomic E-state index is 11.9. The largest absolute Gasteiger partial charge is 0.497 e. The van der Waals surface area contributed by atoms with Gasteiger partial charge in [0.15, 0.2) is 0 Å².